The summed E-state index contributed by atoms with van der Waals surface area (Å²) >= 11 is 5.15. The molecule has 5 nitrogen and oxygen atoms in total. The average Bonchev–Trinajstić information content (AvgIpc) is 3.00. The molecular weight excluding hydrogens is 448 g/mol. The highest BCUT2D eigenvalue weighted by atomic mass is 79.9. The second kappa shape index (κ2) is 8.26. The van der Waals surface area contributed by atoms with Crippen LogP contribution >= 0.6 is 27.7 Å². The molecule has 0 saturated heterocycles. The van der Waals surface area contributed by atoms with Crippen LogP contribution in [-0.4, -0.2) is 50.8 Å². The van der Waals surface area contributed by atoms with Gasteiger partial charge >= 0.3 is 0 Å². The Hall–Kier alpha value is -1.48. The zero-order chi connectivity index (χ0) is 19.6. The van der Waals surface area contributed by atoms with Gasteiger partial charge in [-0.1, -0.05) is 15.9 Å². The Balaban J connectivity index is 2.07. The number of methoxy groups -OCH3 is 1. The summed E-state index contributed by atoms with van der Waals surface area (Å²) in [5, 5.41) is 0.921. The first-order valence-corrected chi connectivity index (χ1v) is 11.5. The van der Waals surface area contributed by atoms with Gasteiger partial charge in [-0.2, -0.15) is 0 Å². The maximum Gasteiger partial charge on any atom is 0.268 e. The molecule has 144 valence electrons. The SMILES string of the molecule is COc1ccc(S(=O)(=O)n2cc(SCCN(C)C)c3cc(Br)ccc32)cc1. The quantitative estimate of drug-likeness (QED) is 0.483. The minimum absolute atomic E-state index is 0.230. The number of hydrogen-bond donors (Lipinski definition) is 0. The monoisotopic (exact) mass is 468 g/mol. The average molecular weight is 469 g/mol. The van der Waals surface area contributed by atoms with Crippen molar-refractivity contribution in [3.05, 3.63) is 53.1 Å². The van der Waals surface area contributed by atoms with Crippen LogP contribution in [-0.2, 0) is 10.0 Å². The van der Waals surface area contributed by atoms with Gasteiger partial charge in [0.25, 0.3) is 10.0 Å². The molecular formula is C19H21BrN2O3S2. The van der Waals surface area contributed by atoms with Gasteiger partial charge in [0.2, 0.25) is 0 Å². The number of benzene rings is 2. The van der Waals surface area contributed by atoms with Crippen molar-refractivity contribution in [3.63, 3.8) is 0 Å². The molecule has 2 aromatic carbocycles. The summed E-state index contributed by atoms with van der Waals surface area (Å²) in [7, 11) is 1.90. The van der Waals surface area contributed by atoms with E-state index in [2.05, 4.69) is 20.8 Å². The predicted octanol–water partition coefficient (Wildman–Crippen LogP) is 4.30. The predicted molar refractivity (Wildman–Crippen MR) is 114 cm³/mol. The molecule has 8 heteroatoms. The number of rotatable bonds is 7. The van der Waals surface area contributed by atoms with E-state index < -0.39 is 10.0 Å². The van der Waals surface area contributed by atoms with Crippen molar-refractivity contribution in [2.75, 3.05) is 33.5 Å². The Labute approximate surface area is 172 Å². The number of nitrogens with zero attached hydrogens (tertiary/aromatic N) is 2. The Morgan fingerprint density at radius 2 is 1.85 bits per heavy atom. The van der Waals surface area contributed by atoms with Gasteiger partial charge in [-0.25, -0.2) is 12.4 Å². The maximum absolute atomic E-state index is 13.2. The molecule has 1 heterocycles. The van der Waals surface area contributed by atoms with Gasteiger partial charge in [0.05, 0.1) is 17.5 Å². The molecule has 0 fully saturated rings. The summed E-state index contributed by atoms with van der Waals surface area (Å²) in [6.07, 6.45) is 1.72. The number of ether oxygens (including phenoxy) is 1. The summed E-state index contributed by atoms with van der Waals surface area (Å²) in [6.45, 7) is 0.913. The summed E-state index contributed by atoms with van der Waals surface area (Å²) in [5.74, 6) is 1.50. The Kier molecular flexibility index (Phi) is 6.20. The lowest BCUT2D eigenvalue weighted by molar-refractivity contribution is 0.414. The lowest BCUT2D eigenvalue weighted by atomic mass is 10.2. The van der Waals surface area contributed by atoms with E-state index in [0.717, 1.165) is 27.1 Å². The fraction of sp³-hybridized carbons (Fsp3) is 0.263. The largest absolute Gasteiger partial charge is 0.497 e. The number of halogens is 1. The van der Waals surface area contributed by atoms with Crippen molar-refractivity contribution >= 4 is 48.6 Å². The van der Waals surface area contributed by atoms with Gasteiger partial charge in [-0.05, 0) is 56.6 Å². The summed E-state index contributed by atoms with van der Waals surface area (Å²) in [4.78, 5) is 3.29. The third-order valence-electron chi connectivity index (χ3n) is 4.11. The Morgan fingerprint density at radius 1 is 1.15 bits per heavy atom. The van der Waals surface area contributed by atoms with Gasteiger partial charge in [0, 0.05) is 33.2 Å². The van der Waals surface area contributed by atoms with E-state index in [1.807, 2.05) is 32.3 Å². The van der Waals surface area contributed by atoms with Crippen LogP contribution in [0.1, 0.15) is 0 Å². The van der Waals surface area contributed by atoms with E-state index in [1.54, 1.807) is 49.3 Å². The van der Waals surface area contributed by atoms with Crippen LogP contribution in [0.25, 0.3) is 10.9 Å². The molecule has 0 saturated carbocycles. The van der Waals surface area contributed by atoms with Crippen molar-refractivity contribution in [3.8, 4) is 5.75 Å². The van der Waals surface area contributed by atoms with Gasteiger partial charge in [0.15, 0.2) is 0 Å². The van der Waals surface area contributed by atoms with Gasteiger partial charge < -0.3 is 9.64 Å². The third-order valence-corrected chi connectivity index (χ3v) is 7.31. The Bertz CT molecular complexity index is 1040. The van der Waals surface area contributed by atoms with Gasteiger partial charge in [-0.15, -0.1) is 11.8 Å². The van der Waals surface area contributed by atoms with Crippen LogP contribution in [0.3, 0.4) is 0 Å². The fourth-order valence-electron chi connectivity index (χ4n) is 2.66. The fourth-order valence-corrected chi connectivity index (χ4v) is 5.63. The van der Waals surface area contributed by atoms with Crippen molar-refractivity contribution in [2.45, 2.75) is 9.79 Å². The van der Waals surface area contributed by atoms with Crippen LogP contribution < -0.4 is 4.74 Å². The normalized spacial score (nSPS) is 12.0. The summed E-state index contributed by atoms with van der Waals surface area (Å²) in [6, 6.07) is 12.1. The molecule has 0 aliphatic carbocycles. The standard InChI is InChI=1S/C19H21BrN2O3S2/c1-21(2)10-11-26-19-13-22(18-9-4-14(20)12-17(18)19)27(23,24)16-7-5-15(25-3)6-8-16/h4-9,12-13H,10-11H2,1-3H3. The highest BCUT2D eigenvalue weighted by Crippen LogP contribution is 2.34. The van der Waals surface area contributed by atoms with Crippen LogP contribution in [0.4, 0.5) is 0 Å². The molecule has 27 heavy (non-hydrogen) atoms. The topological polar surface area (TPSA) is 51.5 Å². The molecule has 0 aliphatic heterocycles. The van der Waals surface area contributed by atoms with Crippen molar-refractivity contribution in [1.29, 1.82) is 0 Å². The number of hydrogen-bond acceptors (Lipinski definition) is 5. The first-order valence-electron chi connectivity index (χ1n) is 8.30. The maximum atomic E-state index is 13.2. The van der Waals surface area contributed by atoms with Gasteiger partial charge in [0.1, 0.15) is 5.75 Å². The van der Waals surface area contributed by atoms with E-state index in [-0.39, 0.29) is 4.90 Å². The number of thioether (sulfide) groups is 1. The van der Waals surface area contributed by atoms with Crippen LogP contribution in [0.5, 0.6) is 5.75 Å². The van der Waals surface area contributed by atoms with E-state index >= 15 is 0 Å². The number of fused-ring (bicyclic) bond motifs is 1. The lowest BCUT2D eigenvalue weighted by Crippen LogP contribution is -2.14. The number of aromatic nitrogens is 1. The minimum atomic E-state index is -3.70. The molecule has 0 N–H and O–H groups in total. The van der Waals surface area contributed by atoms with Crippen LogP contribution in [0.2, 0.25) is 0 Å². The molecule has 0 unspecified atom stereocenters. The first-order chi connectivity index (χ1) is 12.8. The molecule has 3 rings (SSSR count). The van der Waals surface area contributed by atoms with Crippen molar-refractivity contribution in [2.24, 2.45) is 0 Å². The highest BCUT2D eigenvalue weighted by Gasteiger charge is 2.21. The molecule has 0 radical (unpaired) electrons. The van der Waals surface area contributed by atoms with E-state index in [4.69, 9.17) is 4.74 Å². The molecule has 3 aromatic rings. The highest BCUT2D eigenvalue weighted by molar-refractivity contribution is 9.10. The van der Waals surface area contributed by atoms with Crippen molar-refractivity contribution < 1.29 is 13.2 Å². The van der Waals surface area contributed by atoms with E-state index in [0.29, 0.717) is 11.3 Å². The molecule has 0 bridgehead atoms. The second-order valence-corrected chi connectivity index (χ2v) is 10.2. The second-order valence-electron chi connectivity index (χ2n) is 6.28. The zero-order valence-electron chi connectivity index (χ0n) is 15.3. The summed E-state index contributed by atoms with van der Waals surface area (Å²) < 4.78 is 33.9. The third kappa shape index (κ3) is 4.34. The molecule has 0 spiro atoms. The van der Waals surface area contributed by atoms with Crippen LogP contribution in [0, 0.1) is 0 Å². The van der Waals surface area contributed by atoms with E-state index in [9.17, 15) is 8.42 Å². The van der Waals surface area contributed by atoms with Crippen LogP contribution in [0.15, 0.2) is 62.9 Å². The lowest BCUT2D eigenvalue weighted by Gasteiger charge is -2.08. The zero-order valence-corrected chi connectivity index (χ0v) is 18.6. The van der Waals surface area contributed by atoms with E-state index in [1.165, 1.54) is 3.97 Å². The molecule has 0 atom stereocenters. The summed E-state index contributed by atoms with van der Waals surface area (Å²) in [5.41, 5.74) is 0.668. The molecule has 1 aromatic heterocycles. The minimum Gasteiger partial charge on any atom is -0.497 e. The molecule has 0 amide bonds. The molecule has 0 aliphatic rings. The smallest absolute Gasteiger partial charge is 0.268 e. The Morgan fingerprint density at radius 3 is 2.48 bits per heavy atom. The van der Waals surface area contributed by atoms with Crippen molar-refractivity contribution in [1.82, 2.24) is 8.87 Å². The first kappa shape index (κ1) is 20.3. The van der Waals surface area contributed by atoms with Gasteiger partial charge in [-0.3, -0.25) is 0 Å².